The molecule has 124 valence electrons. The Morgan fingerprint density at radius 2 is 1.87 bits per heavy atom. The molecule has 0 amide bonds. The monoisotopic (exact) mass is 371 g/mol. The van der Waals surface area contributed by atoms with Crippen molar-refractivity contribution in [3.05, 3.63) is 46.3 Å². The highest BCUT2D eigenvalue weighted by atomic mass is 35.5. The molecule has 0 saturated heterocycles. The Labute approximate surface area is 149 Å². The van der Waals surface area contributed by atoms with Gasteiger partial charge in [0.15, 0.2) is 0 Å². The van der Waals surface area contributed by atoms with Gasteiger partial charge in [0.2, 0.25) is 0 Å². The second-order valence-electron chi connectivity index (χ2n) is 6.14. The fraction of sp³-hybridized carbons (Fsp3) is 0.375. The Bertz CT molecular complexity index is 717. The molecule has 4 nitrogen and oxygen atoms in total. The standard InChI is InChI=1S/C16H19Cl2N3OS/c1-10(21-23(22)16(2,3)4)11-5-6-12(15(18)14(11)17)13-9-19-7-8-20-13/h5-10,21H,1-4H3/t10-,23?/m0/s1. The fourth-order valence-corrected chi connectivity index (χ4v) is 3.33. The van der Waals surface area contributed by atoms with Gasteiger partial charge in [0, 0.05) is 24.0 Å². The average Bonchev–Trinajstić information content (AvgIpc) is 2.49. The van der Waals surface area contributed by atoms with E-state index in [-0.39, 0.29) is 10.8 Å². The van der Waals surface area contributed by atoms with Crippen LogP contribution in [0.4, 0.5) is 0 Å². The summed E-state index contributed by atoms with van der Waals surface area (Å²) in [5, 5.41) is 0.848. The van der Waals surface area contributed by atoms with Crippen molar-refractivity contribution < 1.29 is 4.21 Å². The van der Waals surface area contributed by atoms with Crippen LogP contribution in [-0.2, 0) is 11.0 Å². The van der Waals surface area contributed by atoms with Crippen molar-refractivity contribution >= 4 is 34.2 Å². The minimum Gasteiger partial charge on any atom is -0.261 e. The Morgan fingerprint density at radius 3 is 2.43 bits per heavy atom. The van der Waals surface area contributed by atoms with Crippen LogP contribution in [0.25, 0.3) is 11.3 Å². The van der Waals surface area contributed by atoms with Crippen LogP contribution in [0.3, 0.4) is 0 Å². The highest BCUT2D eigenvalue weighted by molar-refractivity contribution is 7.84. The molecular formula is C16H19Cl2N3OS. The second kappa shape index (κ2) is 7.26. The second-order valence-corrected chi connectivity index (χ2v) is 8.90. The molecular weight excluding hydrogens is 353 g/mol. The zero-order valence-corrected chi connectivity index (χ0v) is 15.8. The summed E-state index contributed by atoms with van der Waals surface area (Å²) in [5.74, 6) is 0. The maximum Gasteiger partial charge on any atom is 0.0975 e. The molecule has 0 aliphatic rings. The molecule has 0 radical (unpaired) electrons. The summed E-state index contributed by atoms with van der Waals surface area (Å²) in [5.41, 5.74) is 2.17. The van der Waals surface area contributed by atoms with Gasteiger partial charge >= 0.3 is 0 Å². The lowest BCUT2D eigenvalue weighted by atomic mass is 10.0. The maximum atomic E-state index is 12.2. The molecule has 1 aromatic heterocycles. The van der Waals surface area contributed by atoms with Crippen molar-refractivity contribution in [2.24, 2.45) is 0 Å². The molecule has 2 aromatic rings. The van der Waals surface area contributed by atoms with Crippen molar-refractivity contribution in [3.63, 3.8) is 0 Å². The summed E-state index contributed by atoms with van der Waals surface area (Å²) in [6.45, 7) is 7.64. The Balaban J connectivity index is 2.32. The molecule has 0 saturated carbocycles. The van der Waals surface area contributed by atoms with E-state index >= 15 is 0 Å². The van der Waals surface area contributed by atoms with Crippen molar-refractivity contribution in [1.29, 1.82) is 0 Å². The number of rotatable bonds is 4. The third-order valence-electron chi connectivity index (χ3n) is 3.26. The molecule has 0 aliphatic heterocycles. The number of hydrogen-bond donors (Lipinski definition) is 1. The molecule has 0 aliphatic carbocycles. The van der Waals surface area contributed by atoms with Crippen LogP contribution < -0.4 is 4.72 Å². The summed E-state index contributed by atoms with van der Waals surface area (Å²) in [6.07, 6.45) is 4.83. The molecule has 2 atom stereocenters. The number of hydrogen-bond acceptors (Lipinski definition) is 3. The topological polar surface area (TPSA) is 54.9 Å². The molecule has 7 heteroatoms. The summed E-state index contributed by atoms with van der Waals surface area (Å²) in [7, 11) is -1.20. The minimum absolute atomic E-state index is 0.198. The predicted octanol–water partition coefficient (Wildman–Crippen LogP) is 4.56. The molecule has 0 bridgehead atoms. The molecule has 23 heavy (non-hydrogen) atoms. The van der Waals surface area contributed by atoms with E-state index in [2.05, 4.69) is 14.7 Å². The van der Waals surface area contributed by atoms with Crippen molar-refractivity contribution in [2.75, 3.05) is 0 Å². The first-order valence-electron chi connectivity index (χ1n) is 7.14. The first kappa shape index (κ1) is 18.3. The van der Waals surface area contributed by atoms with E-state index in [9.17, 15) is 4.21 Å². The van der Waals surface area contributed by atoms with Gasteiger partial charge in [0.25, 0.3) is 0 Å². The highest BCUT2D eigenvalue weighted by Crippen LogP contribution is 2.37. The SMILES string of the molecule is C[C@H](NS(=O)C(C)(C)C)c1ccc(-c2cnccn2)c(Cl)c1Cl. The van der Waals surface area contributed by atoms with Gasteiger partial charge < -0.3 is 0 Å². The van der Waals surface area contributed by atoms with Crippen LogP contribution >= 0.6 is 23.2 Å². The fourth-order valence-electron chi connectivity index (χ4n) is 1.94. The molecule has 1 N–H and O–H groups in total. The van der Waals surface area contributed by atoms with E-state index in [4.69, 9.17) is 23.2 Å². The quantitative estimate of drug-likeness (QED) is 0.856. The number of nitrogens with one attached hydrogen (secondary N) is 1. The Hall–Kier alpha value is -1.01. The van der Waals surface area contributed by atoms with Gasteiger partial charge in [-0.1, -0.05) is 35.3 Å². The zero-order chi connectivity index (χ0) is 17.2. The lowest BCUT2D eigenvalue weighted by molar-refractivity contribution is 0.616. The first-order chi connectivity index (χ1) is 10.7. The number of nitrogens with zero attached hydrogens (tertiary/aromatic N) is 2. The summed E-state index contributed by atoms with van der Waals surface area (Å²) < 4.78 is 14.9. The normalized spacial score (nSPS) is 14.5. The van der Waals surface area contributed by atoms with Gasteiger partial charge in [-0.15, -0.1) is 0 Å². The third-order valence-corrected chi connectivity index (χ3v) is 5.83. The van der Waals surface area contributed by atoms with Gasteiger partial charge in [-0.25, -0.2) is 8.93 Å². The molecule has 1 aromatic carbocycles. The van der Waals surface area contributed by atoms with Crippen molar-refractivity contribution in [3.8, 4) is 11.3 Å². The van der Waals surface area contributed by atoms with Crippen LogP contribution in [-0.4, -0.2) is 18.9 Å². The van der Waals surface area contributed by atoms with Crippen LogP contribution in [0.2, 0.25) is 10.0 Å². The summed E-state index contributed by atoms with van der Waals surface area (Å²) in [4.78, 5) is 8.28. The van der Waals surface area contributed by atoms with E-state index in [1.807, 2.05) is 39.8 Å². The maximum absolute atomic E-state index is 12.2. The van der Waals surface area contributed by atoms with E-state index in [0.29, 0.717) is 15.7 Å². The third kappa shape index (κ3) is 4.29. The minimum atomic E-state index is -1.20. The van der Waals surface area contributed by atoms with E-state index in [0.717, 1.165) is 11.1 Å². The average molecular weight is 372 g/mol. The van der Waals surface area contributed by atoms with Crippen LogP contribution in [0.15, 0.2) is 30.7 Å². The molecule has 1 heterocycles. The molecule has 2 rings (SSSR count). The van der Waals surface area contributed by atoms with Crippen molar-refractivity contribution in [1.82, 2.24) is 14.7 Å². The zero-order valence-electron chi connectivity index (χ0n) is 13.4. The van der Waals surface area contributed by atoms with Crippen molar-refractivity contribution in [2.45, 2.75) is 38.5 Å². The van der Waals surface area contributed by atoms with Gasteiger partial charge in [-0.05, 0) is 33.3 Å². The molecule has 0 spiro atoms. The Morgan fingerprint density at radius 1 is 1.17 bits per heavy atom. The van der Waals surface area contributed by atoms with E-state index in [1.54, 1.807) is 18.6 Å². The number of benzene rings is 1. The number of aromatic nitrogens is 2. The van der Waals surface area contributed by atoms with Gasteiger partial charge in [-0.2, -0.15) is 0 Å². The smallest absolute Gasteiger partial charge is 0.0975 e. The summed E-state index contributed by atoms with van der Waals surface area (Å²) in [6, 6.07) is 3.53. The van der Waals surface area contributed by atoms with Crippen LogP contribution in [0.5, 0.6) is 0 Å². The van der Waals surface area contributed by atoms with Crippen LogP contribution in [0, 0.1) is 0 Å². The molecule has 0 fully saturated rings. The first-order valence-corrected chi connectivity index (χ1v) is 9.04. The predicted molar refractivity (Wildman–Crippen MR) is 96.9 cm³/mol. The van der Waals surface area contributed by atoms with E-state index < -0.39 is 11.0 Å². The largest absolute Gasteiger partial charge is 0.261 e. The summed E-state index contributed by atoms with van der Waals surface area (Å²) >= 11 is 12.8. The lowest BCUT2D eigenvalue weighted by Gasteiger charge is -2.23. The number of halogens is 2. The Kier molecular flexibility index (Phi) is 5.79. The van der Waals surface area contributed by atoms with Gasteiger partial charge in [0.05, 0.1) is 37.7 Å². The van der Waals surface area contributed by atoms with Gasteiger partial charge in [0.1, 0.15) is 0 Å². The lowest BCUT2D eigenvalue weighted by Crippen LogP contribution is -2.34. The van der Waals surface area contributed by atoms with Crippen LogP contribution in [0.1, 0.15) is 39.3 Å². The molecule has 1 unspecified atom stereocenters. The van der Waals surface area contributed by atoms with Gasteiger partial charge in [-0.3, -0.25) is 9.97 Å². The highest BCUT2D eigenvalue weighted by Gasteiger charge is 2.23. The van der Waals surface area contributed by atoms with E-state index in [1.165, 1.54) is 0 Å².